The predicted octanol–water partition coefficient (Wildman–Crippen LogP) is 5.16. The number of esters is 1. The summed E-state index contributed by atoms with van der Waals surface area (Å²) in [6, 6.07) is 10.9. The highest BCUT2D eigenvalue weighted by atomic mass is 35.5. The summed E-state index contributed by atoms with van der Waals surface area (Å²) < 4.78 is 11.6. The summed E-state index contributed by atoms with van der Waals surface area (Å²) >= 11 is 6.33. The number of aromatic nitrogens is 1. The fourth-order valence-corrected chi connectivity index (χ4v) is 5.27. The normalized spacial score (nSPS) is 16.1. The first kappa shape index (κ1) is 23.6. The average Bonchev–Trinajstić information content (AvgIpc) is 3.19. The van der Waals surface area contributed by atoms with Crippen LogP contribution in [0.3, 0.4) is 0 Å². The lowest BCUT2D eigenvalue weighted by Crippen LogP contribution is -2.46. The van der Waals surface area contributed by atoms with E-state index in [4.69, 9.17) is 20.8 Å². The average molecular weight is 494 g/mol. The standard InChI is InChI=1S/C27H28ClN3O4/c1-4-34-27(33)21-16(2)35-26-19-8-6-5-7-18(19)25(32)23(22(21)26)24(17-9-10-29-20(28)15-17)31-13-11-30(3)12-14-31/h5-10,15,24,32H,4,11-14H2,1-3H3. The minimum atomic E-state index is -0.468. The molecule has 0 bridgehead atoms. The van der Waals surface area contributed by atoms with Gasteiger partial charge in [0.25, 0.3) is 0 Å². The molecule has 7 nitrogen and oxygen atoms in total. The highest BCUT2D eigenvalue weighted by molar-refractivity contribution is 6.29. The Kier molecular flexibility index (Phi) is 6.40. The van der Waals surface area contributed by atoms with E-state index in [1.165, 1.54) is 0 Å². The van der Waals surface area contributed by atoms with Crippen molar-refractivity contribution in [3.8, 4) is 5.75 Å². The van der Waals surface area contributed by atoms with Crippen molar-refractivity contribution in [2.24, 2.45) is 0 Å². The summed E-state index contributed by atoms with van der Waals surface area (Å²) in [5, 5.41) is 14.2. The van der Waals surface area contributed by atoms with Gasteiger partial charge in [0.2, 0.25) is 0 Å². The minimum absolute atomic E-state index is 0.122. The summed E-state index contributed by atoms with van der Waals surface area (Å²) in [5.41, 5.74) is 2.41. The van der Waals surface area contributed by atoms with Crippen LogP contribution < -0.4 is 0 Å². The van der Waals surface area contributed by atoms with Crippen molar-refractivity contribution in [3.63, 3.8) is 0 Å². The van der Waals surface area contributed by atoms with E-state index in [2.05, 4.69) is 21.8 Å². The van der Waals surface area contributed by atoms with Gasteiger partial charge in [-0.25, -0.2) is 9.78 Å². The lowest BCUT2D eigenvalue weighted by atomic mass is 9.89. The molecule has 1 atom stereocenters. The van der Waals surface area contributed by atoms with Crippen molar-refractivity contribution in [2.75, 3.05) is 39.8 Å². The Morgan fingerprint density at radius 1 is 1.20 bits per heavy atom. The number of benzene rings is 2. The van der Waals surface area contributed by atoms with Gasteiger partial charge in [0.05, 0.1) is 12.6 Å². The molecule has 5 rings (SSSR count). The zero-order valence-corrected chi connectivity index (χ0v) is 20.8. The van der Waals surface area contributed by atoms with E-state index in [1.54, 1.807) is 20.0 Å². The summed E-state index contributed by atoms with van der Waals surface area (Å²) in [5.74, 6) is 0.112. The van der Waals surface area contributed by atoms with Gasteiger partial charge in [-0.15, -0.1) is 0 Å². The molecule has 35 heavy (non-hydrogen) atoms. The molecular formula is C27H28ClN3O4. The van der Waals surface area contributed by atoms with Gasteiger partial charge < -0.3 is 19.2 Å². The lowest BCUT2D eigenvalue weighted by Gasteiger charge is -2.39. The number of carbonyl (C=O) groups is 1. The van der Waals surface area contributed by atoms with Crippen LogP contribution in [-0.2, 0) is 4.74 Å². The Morgan fingerprint density at radius 3 is 2.60 bits per heavy atom. The van der Waals surface area contributed by atoms with E-state index >= 15 is 0 Å². The number of nitrogens with zero attached hydrogens (tertiary/aromatic N) is 3. The summed E-state index contributed by atoms with van der Waals surface area (Å²) in [4.78, 5) is 21.9. The van der Waals surface area contributed by atoms with Gasteiger partial charge in [-0.3, -0.25) is 4.90 Å². The van der Waals surface area contributed by atoms with Gasteiger partial charge in [-0.2, -0.15) is 0 Å². The third-order valence-corrected chi connectivity index (χ3v) is 6.96. The molecule has 1 fully saturated rings. The molecule has 1 N–H and O–H groups in total. The van der Waals surface area contributed by atoms with Crippen LogP contribution in [0.4, 0.5) is 0 Å². The second kappa shape index (κ2) is 9.49. The van der Waals surface area contributed by atoms with Crippen molar-refractivity contribution in [1.29, 1.82) is 0 Å². The van der Waals surface area contributed by atoms with Crippen LogP contribution in [-0.4, -0.2) is 65.7 Å². The number of halogens is 1. The van der Waals surface area contributed by atoms with E-state index in [0.29, 0.717) is 38.4 Å². The molecule has 8 heteroatoms. The molecule has 2 aromatic carbocycles. The molecule has 1 aliphatic rings. The van der Waals surface area contributed by atoms with Crippen LogP contribution in [0.1, 0.15) is 40.2 Å². The number of carbonyl (C=O) groups excluding carboxylic acids is 1. The number of aromatic hydroxyl groups is 1. The molecular weight excluding hydrogens is 466 g/mol. The SMILES string of the molecule is CCOC(=O)c1c(C)oc2c1c(C(c1ccnc(Cl)c1)N1CCN(C)CC1)c(O)c1ccccc12. The Bertz CT molecular complexity index is 1410. The van der Waals surface area contributed by atoms with Crippen LogP contribution in [0.15, 0.2) is 47.0 Å². The predicted molar refractivity (Wildman–Crippen MR) is 136 cm³/mol. The molecule has 0 radical (unpaired) electrons. The highest BCUT2D eigenvalue weighted by Gasteiger charge is 2.34. The first-order valence-electron chi connectivity index (χ1n) is 11.8. The van der Waals surface area contributed by atoms with Gasteiger partial charge in [-0.05, 0) is 38.6 Å². The minimum Gasteiger partial charge on any atom is -0.507 e. The highest BCUT2D eigenvalue weighted by Crippen LogP contribution is 2.47. The molecule has 4 aromatic rings. The Balaban J connectivity index is 1.88. The molecule has 1 aliphatic heterocycles. The number of phenolic OH excluding ortho intramolecular Hbond substituents is 1. The van der Waals surface area contributed by atoms with Crippen LogP contribution >= 0.6 is 11.6 Å². The number of rotatable bonds is 5. The molecule has 0 amide bonds. The van der Waals surface area contributed by atoms with Gasteiger partial charge in [0.15, 0.2) is 0 Å². The first-order chi connectivity index (χ1) is 16.9. The monoisotopic (exact) mass is 493 g/mol. The molecule has 3 heterocycles. The number of ether oxygens (including phenoxy) is 1. The van der Waals surface area contributed by atoms with Crippen molar-refractivity contribution in [1.82, 2.24) is 14.8 Å². The Morgan fingerprint density at radius 2 is 1.91 bits per heavy atom. The van der Waals surface area contributed by atoms with Crippen LogP contribution in [0.5, 0.6) is 5.75 Å². The number of phenols is 1. The van der Waals surface area contributed by atoms with E-state index in [1.807, 2.05) is 36.4 Å². The number of aryl methyl sites for hydroxylation is 1. The van der Waals surface area contributed by atoms with Crippen molar-refractivity contribution in [3.05, 3.63) is 70.2 Å². The molecule has 1 unspecified atom stereocenters. The zero-order chi connectivity index (χ0) is 24.7. The lowest BCUT2D eigenvalue weighted by molar-refractivity contribution is 0.0526. The van der Waals surface area contributed by atoms with E-state index in [0.717, 1.165) is 37.1 Å². The number of furan rings is 1. The van der Waals surface area contributed by atoms with Crippen molar-refractivity contribution in [2.45, 2.75) is 19.9 Å². The van der Waals surface area contributed by atoms with Crippen LogP contribution in [0, 0.1) is 6.92 Å². The van der Waals surface area contributed by atoms with Crippen LogP contribution in [0.25, 0.3) is 21.7 Å². The van der Waals surface area contributed by atoms with E-state index in [-0.39, 0.29) is 18.4 Å². The first-order valence-corrected chi connectivity index (χ1v) is 12.2. The smallest absolute Gasteiger partial charge is 0.342 e. The van der Waals surface area contributed by atoms with Gasteiger partial charge in [0, 0.05) is 54.1 Å². The fourth-order valence-electron chi connectivity index (χ4n) is 5.09. The summed E-state index contributed by atoms with van der Waals surface area (Å²) in [7, 11) is 2.10. The maximum Gasteiger partial charge on any atom is 0.342 e. The van der Waals surface area contributed by atoms with E-state index < -0.39 is 5.97 Å². The quantitative estimate of drug-likeness (QED) is 0.304. The van der Waals surface area contributed by atoms with Crippen molar-refractivity contribution >= 4 is 39.3 Å². The molecule has 0 spiro atoms. The number of pyridine rings is 1. The molecule has 0 aliphatic carbocycles. The number of hydrogen-bond donors (Lipinski definition) is 1. The molecule has 0 saturated carbocycles. The maximum atomic E-state index is 13.2. The number of piperazine rings is 1. The molecule has 1 saturated heterocycles. The maximum absolute atomic E-state index is 13.2. The summed E-state index contributed by atoms with van der Waals surface area (Å²) in [6.45, 7) is 7.08. The van der Waals surface area contributed by atoms with E-state index in [9.17, 15) is 9.90 Å². The third kappa shape index (κ3) is 4.14. The number of hydrogen-bond acceptors (Lipinski definition) is 7. The fraction of sp³-hybridized carbons (Fsp3) is 0.333. The Labute approximate surface area is 208 Å². The zero-order valence-electron chi connectivity index (χ0n) is 20.0. The van der Waals surface area contributed by atoms with Gasteiger partial charge in [0.1, 0.15) is 27.8 Å². The van der Waals surface area contributed by atoms with Crippen LogP contribution in [0.2, 0.25) is 5.15 Å². The number of fused-ring (bicyclic) bond motifs is 3. The second-order valence-electron chi connectivity index (χ2n) is 8.92. The third-order valence-electron chi connectivity index (χ3n) is 6.76. The Hall–Kier alpha value is -3.13. The molecule has 2 aromatic heterocycles. The molecule has 182 valence electrons. The van der Waals surface area contributed by atoms with Gasteiger partial charge >= 0.3 is 5.97 Å². The number of likely N-dealkylation sites (N-methyl/N-ethyl adjacent to an activating group) is 1. The van der Waals surface area contributed by atoms with Crippen molar-refractivity contribution < 1.29 is 19.1 Å². The summed E-state index contributed by atoms with van der Waals surface area (Å²) in [6.07, 6.45) is 1.67. The largest absolute Gasteiger partial charge is 0.507 e. The second-order valence-corrected chi connectivity index (χ2v) is 9.31. The van der Waals surface area contributed by atoms with Gasteiger partial charge in [-0.1, -0.05) is 35.9 Å². The topological polar surface area (TPSA) is 79.0 Å².